The average molecular weight is 353 g/mol. The summed E-state index contributed by atoms with van der Waals surface area (Å²) in [5.74, 6) is 0.242. The van der Waals surface area contributed by atoms with E-state index in [0.29, 0.717) is 12.2 Å². The highest BCUT2D eigenvalue weighted by Gasteiger charge is 2.32. The van der Waals surface area contributed by atoms with E-state index in [1.807, 2.05) is 6.08 Å². The molecule has 25 heavy (non-hydrogen) atoms. The standard InChI is InChI=1S/C21H36O4/c1-3-4-9-16(2)19(22)14-12-17-13-15-20(23)18(17)10-7-5-6-8-11-21(24)25/h12,14,16-19,22H,3-11,13,15H2,1-2H3,(H,24,25)/b14-12+/t16?,17?,18-,19+/m1/s1. The van der Waals surface area contributed by atoms with Gasteiger partial charge in [0.2, 0.25) is 0 Å². The molecule has 2 N–H and O–H groups in total. The van der Waals surface area contributed by atoms with Crippen LogP contribution in [-0.4, -0.2) is 28.1 Å². The number of aliphatic hydroxyl groups excluding tert-OH is 1. The number of aliphatic hydroxyl groups is 1. The van der Waals surface area contributed by atoms with Crippen molar-refractivity contribution in [2.24, 2.45) is 17.8 Å². The molecule has 0 spiro atoms. The maximum absolute atomic E-state index is 12.1. The van der Waals surface area contributed by atoms with E-state index in [0.717, 1.165) is 57.8 Å². The Kier molecular flexibility index (Phi) is 10.7. The van der Waals surface area contributed by atoms with Crippen molar-refractivity contribution in [3.05, 3.63) is 12.2 Å². The van der Waals surface area contributed by atoms with E-state index in [4.69, 9.17) is 5.11 Å². The third kappa shape index (κ3) is 8.66. The van der Waals surface area contributed by atoms with Gasteiger partial charge < -0.3 is 10.2 Å². The predicted octanol–water partition coefficient (Wildman–Crippen LogP) is 4.75. The summed E-state index contributed by atoms with van der Waals surface area (Å²) in [7, 11) is 0. The molecule has 4 nitrogen and oxygen atoms in total. The first-order chi connectivity index (χ1) is 12.0. The molecule has 1 fully saturated rings. The Hall–Kier alpha value is -1.16. The van der Waals surface area contributed by atoms with Crippen molar-refractivity contribution in [1.29, 1.82) is 0 Å². The van der Waals surface area contributed by atoms with Gasteiger partial charge in [0.1, 0.15) is 5.78 Å². The number of hydrogen-bond acceptors (Lipinski definition) is 3. The Morgan fingerprint density at radius 2 is 1.96 bits per heavy atom. The van der Waals surface area contributed by atoms with Crippen molar-refractivity contribution in [1.82, 2.24) is 0 Å². The van der Waals surface area contributed by atoms with Gasteiger partial charge in [-0.05, 0) is 37.5 Å². The molecule has 1 saturated carbocycles. The zero-order chi connectivity index (χ0) is 18.7. The molecular weight excluding hydrogens is 316 g/mol. The molecule has 0 heterocycles. The first-order valence-corrected chi connectivity index (χ1v) is 10.1. The first-order valence-electron chi connectivity index (χ1n) is 10.1. The molecule has 4 atom stereocenters. The maximum atomic E-state index is 12.1. The lowest BCUT2D eigenvalue weighted by Gasteiger charge is -2.18. The first kappa shape index (κ1) is 21.9. The van der Waals surface area contributed by atoms with Gasteiger partial charge in [0.15, 0.2) is 0 Å². The number of unbranched alkanes of at least 4 members (excludes halogenated alkanes) is 4. The molecule has 4 heteroatoms. The van der Waals surface area contributed by atoms with Gasteiger partial charge in [-0.2, -0.15) is 0 Å². The molecule has 0 aliphatic heterocycles. The Morgan fingerprint density at radius 1 is 1.24 bits per heavy atom. The molecule has 1 aliphatic rings. The number of hydrogen-bond donors (Lipinski definition) is 2. The molecule has 0 saturated heterocycles. The van der Waals surface area contributed by atoms with Crippen LogP contribution in [0.1, 0.15) is 84.5 Å². The van der Waals surface area contributed by atoms with Gasteiger partial charge >= 0.3 is 5.97 Å². The Bertz CT molecular complexity index is 430. The summed E-state index contributed by atoms with van der Waals surface area (Å²) in [6.45, 7) is 4.24. The van der Waals surface area contributed by atoms with Crippen molar-refractivity contribution < 1.29 is 19.8 Å². The van der Waals surface area contributed by atoms with Crippen LogP contribution in [0.3, 0.4) is 0 Å². The van der Waals surface area contributed by atoms with Crippen molar-refractivity contribution in [3.63, 3.8) is 0 Å². The van der Waals surface area contributed by atoms with Gasteiger partial charge in [-0.25, -0.2) is 0 Å². The van der Waals surface area contributed by atoms with Crippen LogP contribution in [0.4, 0.5) is 0 Å². The topological polar surface area (TPSA) is 74.6 Å². The summed E-state index contributed by atoms with van der Waals surface area (Å²) in [5.41, 5.74) is 0. The molecule has 2 unspecified atom stereocenters. The van der Waals surface area contributed by atoms with Gasteiger partial charge in [0, 0.05) is 18.8 Å². The Balaban J connectivity index is 2.36. The van der Waals surface area contributed by atoms with Crippen LogP contribution in [0.2, 0.25) is 0 Å². The summed E-state index contributed by atoms with van der Waals surface area (Å²) in [4.78, 5) is 22.6. The number of Topliss-reactive ketones (excluding diaryl/α,β-unsaturated/α-hetero) is 1. The van der Waals surface area contributed by atoms with Crippen LogP contribution in [-0.2, 0) is 9.59 Å². The van der Waals surface area contributed by atoms with Gasteiger partial charge in [-0.1, -0.05) is 58.1 Å². The number of allylic oxidation sites excluding steroid dienone is 1. The highest BCUT2D eigenvalue weighted by molar-refractivity contribution is 5.83. The second-order valence-corrected chi connectivity index (χ2v) is 7.62. The minimum absolute atomic E-state index is 0.0915. The zero-order valence-electron chi connectivity index (χ0n) is 16.0. The van der Waals surface area contributed by atoms with E-state index in [9.17, 15) is 14.7 Å². The minimum atomic E-state index is -0.733. The van der Waals surface area contributed by atoms with E-state index in [-0.39, 0.29) is 24.2 Å². The van der Waals surface area contributed by atoms with Crippen molar-refractivity contribution in [2.45, 2.75) is 90.6 Å². The monoisotopic (exact) mass is 352 g/mol. The molecule has 0 bridgehead atoms. The van der Waals surface area contributed by atoms with Crippen molar-refractivity contribution >= 4 is 11.8 Å². The van der Waals surface area contributed by atoms with E-state index in [1.165, 1.54) is 0 Å². The number of ketones is 1. The van der Waals surface area contributed by atoms with Crippen LogP contribution in [0.15, 0.2) is 12.2 Å². The molecule has 1 rings (SSSR count). The highest BCUT2D eigenvalue weighted by Crippen LogP contribution is 2.34. The Labute approximate surface area is 152 Å². The summed E-state index contributed by atoms with van der Waals surface area (Å²) in [6.07, 6.45) is 13.2. The molecule has 0 aromatic rings. The third-order valence-corrected chi connectivity index (χ3v) is 5.46. The fourth-order valence-electron chi connectivity index (χ4n) is 3.68. The third-order valence-electron chi connectivity index (χ3n) is 5.46. The number of carboxylic acids is 1. The molecule has 0 amide bonds. The van der Waals surface area contributed by atoms with E-state index in [1.54, 1.807) is 0 Å². The van der Waals surface area contributed by atoms with Gasteiger partial charge in [-0.15, -0.1) is 0 Å². The second-order valence-electron chi connectivity index (χ2n) is 7.62. The largest absolute Gasteiger partial charge is 0.481 e. The van der Waals surface area contributed by atoms with Crippen LogP contribution < -0.4 is 0 Å². The predicted molar refractivity (Wildman–Crippen MR) is 100 cm³/mol. The molecule has 0 aromatic heterocycles. The van der Waals surface area contributed by atoms with Crippen molar-refractivity contribution in [3.8, 4) is 0 Å². The number of carbonyl (C=O) groups is 2. The van der Waals surface area contributed by atoms with Gasteiger partial charge in [0.05, 0.1) is 6.10 Å². The van der Waals surface area contributed by atoms with E-state index in [2.05, 4.69) is 19.9 Å². The minimum Gasteiger partial charge on any atom is -0.481 e. The van der Waals surface area contributed by atoms with Crippen LogP contribution in [0, 0.1) is 17.8 Å². The fourth-order valence-corrected chi connectivity index (χ4v) is 3.68. The van der Waals surface area contributed by atoms with E-state index < -0.39 is 12.1 Å². The Morgan fingerprint density at radius 3 is 2.64 bits per heavy atom. The number of rotatable bonds is 13. The lowest BCUT2D eigenvalue weighted by molar-refractivity contribution is -0.137. The van der Waals surface area contributed by atoms with Gasteiger partial charge in [-0.3, -0.25) is 9.59 Å². The number of aliphatic carboxylic acids is 1. The molecule has 0 aromatic carbocycles. The molecular formula is C21H36O4. The van der Waals surface area contributed by atoms with Crippen LogP contribution >= 0.6 is 0 Å². The fraction of sp³-hybridized carbons (Fsp3) is 0.810. The van der Waals surface area contributed by atoms with Crippen LogP contribution in [0.25, 0.3) is 0 Å². The second kappa shape index (κ2) is 12.2. The van der Waals surface area contributed by atoms with Crippen LogP contribution in [0.5, 0.6) is 0 Å². The SMILES string of the molecule is CCCCC(C)[C@@H](O)/C=C/C1CCC(=O)[C@@H]1CCCCCCC(=O)O. The zero-order valence-corrected chi connectivity index (χ0v) is 16.0. The normalized spacial score (nSPS) is 23.2. The number of carbonyl (C=O) groups excluding carboxylic acids is 1. The molecule has 1 aliphatic carbocycles. The van der Waals surface area contributed by atoms with Crippen molar-refractivity contribution in [2.75, 3.05) is 0 Å². The molecule has 144 valence electrons. The molecule has 0 radical (unpaired) electrons. The van der Waals surface area contributed by atoms with Gasteiger partial charge in [0.25, 0.3) is 0 Å². The summed E-state index contributed by atoms with van der Waals surface area (Å²) in [6, 6.07) is 0. The summed E-state index contributed by atoms with van der Waals surface area (Å²) < 4.78 is 0. The summed E-state index contributed by atoms with van der Waals surface area (Å²) >= 11 is 0. The number of carboxylic acid groups (broad SMARTS) is 1. The maximum Gasteiger partial charge on any atom is 0.303 e. The lowest BCUT2D eigenvalue weighted by atomic mass is 9.88. The average Bonchev–Trinajstić information content (AvgIpc) is 2.93. The smallest absolute Gasteiger partial charge is 0.303 e. The van der Waals surface area contributed by atoms with E-state index >= 15 is 0 Å². The lowest BCUT2D eigenvalue weighted by Crippen LogP contribution is -2.17. The highest BCUT2D eigenvalue weighted by atomic mass is 16.4. The quantitative estimate of drug-likeness (QED) is 0.370. The summed E-state index contributed by atoms with van der Waals surface area (Å²) in [5, 5.41) is 18.9.